The number of ether oxygens (including phenoxy) is 1. The van der Waals surface area contributed by atoms with Gasteiger partial charge in [-0.3, -0.25) is 4.79 Å². The smallest absolute Gasteiger partial charge is 0.387 e. The van der Waals surface area contributed by atoms with E-state index in [4.69, 9.17) is 5.11 Å². The topological polar surface area (TPSA) is 58.6 Å². The third-order valence-corrected chi connectivity index (χ3v) is 2.84. The van der Waals surface area contributed by atoms with Crippen LogP contribution in [-0.4, -0.2) is 30.8 Å². The molecule has 20 heavy (non-hydrogen) atoms. The quantitative estimate of drug-likeness (QED) is 0.809. The number of halogens is 2. The van der Waals surface area contributed by atoms with Crippen molar-refractivity contribution in [2.45, 2.75) is 26.9 Å². The maximum absolute atomic E-state index is 12.1. The largest absolute Gasteiger partial charge is 0.435 e. The van der Waals surface area contributed by atoms with Gasteiger partial charge in [-0.15, -0.1) is 0 Å². The number of aliphatic hydroxyl groups is 1. The Morgan fingerprint density at radius 1 is 1.45 bits per heavy atom. The predicted molar refractivity (Wildman–Crippen MR) is 70.9 cm³/mol. The van der Waals surface area contributed by atoms with E-state index in [1.807, 2.05) is 13.8 Å². The van der Waals surface area contributed by atoms with Gasteiger partial charge in [-0.25, -0.2) is 0 Å². The van der Waals surface area contributed by atoms with Crippen molar-refractivity contribution in [1.29, 1.82) is 0 Å². The van der Waals surface area contributed by atoms with Gasteiger partial charge < -0.3 is 15.2 Å². The molecule has 0 radical (unpaired) electrons. The first-order chi connectivity index (χ1) is 9.34. The molecular formula is C14H19F2NO3. The summed E-state index contributed by atoms with van der Waals surface area (Å²) < 4.78 is 28.4. The Bertz CT molecular complexity index is 450. The Hall–Kier alpha value is -1.69. The summed E-state index contributed by atoms with van der Waals surface area (Å²) in [5.74, 6) is -0.419. The standard InChI is InChI=1S/C14H19F2NO3/c1-14(2,6-7-18)9-17-12(19)10-4-3-5-11(8-10)20-13(15)16/h3-5,8,13,18H,6-7,9H2,1-2H3,(H,17,19). The molecule has 0 heterocycles. The van der Waals surface area contributed by atoms with E-state index in [0.717, 1.165) is 0 Å². The molecule has 112 valence electrons. The number of hydrogen-bond donors (Lipinski definition) is 2. The number of rotatable bonds is 7. The molecule has 0 aliphatic rings. The van der Waals surface area contributed by atoms with Crippen molar-refractivity contribution in [3.8, 4) is 5.75 Å². The van der Waals surface area contributed by atoms with Crippen molar-refractivity contribution in [3.63, 3.8) is 0 Å². The summed E-state index contributed by atoms with van der Waals surface area (Å²) in [4.78, 5) is 11.9. The van der Waals surface area contributed by atoms with Crippen LogP contribution in [0.25, 0.3) is 0 Å². The van der Waals surface area contributed by atoms with Gasteiger partial charge in [0.2, 0.25) is 0 Å². The fourth-order valence-electron chi connectivity index (χ4n) is 1.63. The number of nitrogens with one attached hydrogen (secondary N) is 1. The van der Waals surface area contributed by atoms with Crippen LogP contribution in [0.4, 0.5) is 8.78 Å². The Labute approximate surface area is 116 Å². The average Bonchev–Trinajstić information content (AvgIpc) is 2.35. The van der Waals surface area contributed by atoms with E-state index in [-0.39, 0.29) is 29.2 Å². The van der Waals surface area contributed by atoms with E-state index >= 15 is 0 Å². The SMILES string of the molecule is CC(C)(CCO)CNC(=O)c1cccc(OC(F)F)c1. The molecule has 0 aliphatic heterocycles. The van der Waals surface area contributed by atoms with Gasteiger partial charge in [-0.05, 0) is 30.0 Å². The normalized spacial score (nSPS) is 11.5. The van der Waals surface area contributed by atoms with Crippen molar-refractivity contribution < 1.29 is 23.4 Å². The van der Waals surface area contributed by atoms with E-state index in [1.165, 1.54) is 24.3 Å². The summed E-state index contributed by atoms with van der Waals surface area (Å²) in [6.45, 7) is 1.34. The highest BCUT2D eigenvalue weighted by molar-refractivity contribution is 5.94. The van der Waals surface area contributed by atoms with E-state index in [9.17, 15) is 13.6 Å². The van der Waals surface area contributed by atoms with Gasteiger partial charge in [0.25, 0.3) is 5.91 Å². The molecule has 0 saturated heterocycles. The number of aliphatic hydroxyl groups excluding tert-OH is 1. The van der Waals surface area contributed by atoms with Crippen LogP contribution in [0.5, 0.6) is 5.75 Å². The van der Waals surface area contributed by atoms with Gasteiger partial charge in [-0.2, -0.15) is 8.78 Å². The van der Waals surface area contributed by atoms with Gasteiger partial charge in [0, 0.05) is 18.7 Å². The lowest BCUT2D eigenvalue weighted by molar-refractivity contribution is -0.0498. The van der Waals surface area contributed by atoms with Crippen molar-refractivity contribution in [2.75, 3.05) is 13.2 Å². The molecule has 0 atom stereocenters. The molecule has 0 bridgehead atoms. The third-order valence-electron chi connectivity index (χ3n) is 2.84. The van der Waals surface area contributed by atoms with Crippen LogP contribution in [0, 0.1) is 5.41 Å². The Morgan fingerprint density at radius 3 is 2.75 bits per heavy atom. The first kappa shape index (κ1) is 16.4. The number of amides is 1. The van der Waals surface area contributed by atoms with Crippen LogP contribution in [0.15, 0.2) is 24.3 Å². The molecule has 0 fully saturated rings. The molecule has 0 aliphatic carbocycles. The van der Waals surface area contributed by atoms with Crippen LogP contribution >= 0.6 is 0 Å². The van der Waals surface area contributed by atoms with Gasteiger partial charge >= 0.3 is 6.61 Å². The van der Waals surface area contributed by atoms with Crippen molar-refractivity contribution in [2.24, 2.45) is 5.41 Å². The highest BCUT2D eigenvalue weighted by atomic mass is 19.3. The molecular weight excluding hydrogens is 268 g/mol. The number of alkyl halides is 2. The highest BCUT2D eigenvalue weighted by Gasteiger charge is 2.18. The second kappa shape index (κ2) is 7.19. The van der Waals surface area contributed by atoms with E-state index < -0.39 is 6.61 Å². The minimum Gasteiger partial charge on any atom is -0.435 e. The second-order valence-electron chi connectivity index (χ2n) is 5.23. The fraction of sp³-hybridized carbons (Fsp3) is 0.500. The first-order valence-corrected chi connectivity index (χ1v) is 6.28. The van der Waals surface area contributed by atoms with Crippen LogP contribution in [0.2, 0.25) is 0 Å². The zero-order chi connectivity index (χ0) is 15.2. The van der Waals surface area contributed by atoms with Crippen LogP contribution in [0.1, 0.15) is 30.6 Å². The van der Waals surface area contributed by atoms with Gasteiger partial charge in [0.15, 0.2) is 0 Å². The highest BCUT2D eigenvalue weighted by Crippen LogP contribution is 2.19. The van der Waals surface area contributed by atoms with E-state index in [0.29, 0.717) is 13.0 Å². The van der Waals surface area contributed by atoms with Gasteiger partial charge in [0.1, 0.15) is 5.75 Å². The molecule has 4 nitrogen and oxygen atoms in total. The summed E-state index contributed by atoms with van der Waals surface area (Å²) >= 11 is 0. The molecule has 1 aromatic carbocycles. The lowest BCUT2D eigenvalue weighted by atomic mass is 9.89. The van der Waals surface area contributed by atoms with Crippen molar-refractivity contribution in [3.05, 3.63) is 29.8 Å². The number of carbonyl (C=O) groups excluding carboxylic acids is 1. The zero-order valence-electron chi connectivity index (χ0n) is 11.5. The lowest BCUT2D eigenvalue weighted by Gasteiger charge is -2.23. The van der Waals surface area contributed by atoms with Crippen molar-refractivity contribution in [1.82, 2.24) is 5.32 Å². The van der Waals surface area contributed by atoms with Gasteiger partial charge in [-0.1, -0.05) is 19.9 Å². The fourth-order valence-corrected chi connectivity index (χ4v) is 1.63. The van der Waals surface area contributed by atoms with Crippen LogP contribution in [0.3, 0.4) is 0 Å². The molecule has 0 saturated carbocycles. The van der Waals surface area contributed by atoms with E-state index in [1.54, 1.807) is 0 Å². The number of benzene rings is 1. The monoisotopic (exact) mass is 287 g/mol. The molecule has 2 N–H and O–H groups in total. The molecule has 0 unspecified atom stereocenters. The second-order valence-corrected chi connectivity index (χ2v) is 5.23. The van der Waals surface area contributed by atoms with Crippen LogP contribution in [-0.2, 0) is 0 Å². The van der Waals surface area contributed by atoms with Crippen LogP contribution < -0.4 is 10.1 Å². The average molecular weight is 287 g/mol. The molecule has 1 amide bonds. The van der Waals surface area contributed by atoms with E-state index in [2.05, 4.69) is 10.1 Å². The Balaban J connectivity index is 2.63. The maximum Gasteiger partial charge on any atom is 0.387 e. The molecule has 1 aromatic rings. The predicted octanol–water partition coefficient (Wildman–Crippen LogP) is 2.43. The summed E-state index contributed by atoms with van der Waals surface area (Å²) in [6, 6.07) is 5.62. The summed E-state index contributed by atoms with van der Waals surface area (Å²) in [5, 5.41) is 11.6. The minimum atomic E-state index is -2.92. The Morgan fingerprint density at radius 2 is 2.15 bits per heavy atom. The Kier molecular flexibility index (Phi) is 5.88. The maximum atomic E-state index is 12.1. The lowest BCUT2D eigenvalue weighted by Crippen LogP contribution is -2.34. The number of carbonyl (C=O) groups is 1. The number of hydrogen-bond acceptors (Lipinski definition) is 3. The van der Waals surface area contributed by atoms with Crippen molar-refractivity contribution >= 4 is 5.91 Å². The zero-order valence-corrected chi connectivity index (χ0v) is 11.5. The molecule has 0 aromatic heterocycles. The summed E-state index contributed by atoms with van der Waals surface area (Å²) in [6.07, 6.45) is 0.557. The first-order valence-electron chi connectivity index (χ1n) is 6.28. The minimum absolute atomic E-state index is 0.0422. The molecule has 6 heteroatoms. The molecule has 1 rings (SSSR count). The summed E-state index contributed by atoms with van der Waals surface area (Å²) in [7, 11) is 0. The molecule has 0 spiro atoms. The summed E-state index contributed by atoms with van der Waals surface area (Å²) in [5.41, 5.74) is 0.0181. The third kappa shape index (κ3) is 5.52. The van der Waals surface area contributed by atoms with Gasteiger partial charge in [0.05, 0.1) is 0 Å².